The summed E-state index contributed by atoms with van der Waals surface area (Å²) in [7, 11) is 1.52. The lowest BCUT2D eigenvalue weighted by atomic mass is 10.2. The van der Waals surface area contributed by atoms with E-state index in [1.54, 1.807) is 18.3 Å². The lowest BCUT2D eigenvalue weighted by Gasteiger charge is -2.12. The molecular formula is C8H10N2O2. The summed E-state index contributed by atoms with van der Waals surface area (Å²) < 4.78 is 0. The van der Waals surface area contributed by atoms with Crippen LogP contribution in [0.4, 0.5) is 0 Å². The number of pyridine rings is 1. The molecule has 12 heavy (non-hydrogen) atoms. The molecule has 0 saturated heterocycles. The Bertz CT molecular complexity index is 261. The highest BCUT2D eigenvalue weighted by Crippen LogP contribution is 1.99. The molecule has 0 unspecified atom stereocenters. The zero-order valence-electron chi connectivity index (χ0n) is 6.77. The molecule has 0 atom stereocenters. The number of nitrogens with zero attached hydrogens (tertiary/aromatic N) is 2. The van der Waals surface area contributed by atoms with Crippen LogP contribution in [0.5, 0.6) is 0 Å². The number of aliphatic hydroxyl groups is 1. The van der Waals surface area contributed by atoms with Crippen molar-refractivity contribution in [3.8, 4) is 0 Å². The van der Waals surface area contributed by atoms with Gasteiger partial charge in [0.2, 0.25) is 0 Å². The average Bonchev–Trinajstić information content (AvgIpc) is 2.17. The Kier molecular flexibility index (Phi) is 2.76. The fourth-order valence-corrected chi connectivity index (χ4v) is 0.774. The van der Waals surface area contributed by atoms with Crippen LogP contribution in [0.1, 0.15) is 10.4 Å². The van der Waals surface area contributed by atoms with Gasteiger partial charge in [0.05, 0.1) is 5.56 Å². The number of hydrogen-bond acceptors (Lipinski definition) is 3. The third-order valence-electron chi connectivity index (χ3n) is 1.47. The third-order valence-corrected chi connectivity index (χ3v) is 1.47. The molecule has 1 aromatic heterocycles. The molecule has 0 aromatic carbocycles. The van der Waals surface area contributed by atoms with Gasteiger partial charge in [-0.15, -0.1) is 0 Å². The molecule has 1 amide bonds. The van der Waals surface area contributed by atoms with Crippen LogP contribution in [-0.4, -0.2) is 34.7 Å². The molecule has 0 radical (unpaired) electrons. The first-order valence-corrected chi connectivity index (χ1v) is 3.52. The number of aliphatic hydroxyl groups excluding tert-OH is 1. The Morgan fingerprint density at radius 1 is 1.75 bits per heavy atom. The van der Waals surface area contributed by atoms with Crippen LogP contribution in [-0.2, 0) is 0 Å². The predicted molar refractivity (Wildman–Crippen MR) is 43.4 cm³/mol. The number of aromatic nitrogens is 1. The van der Waals surface area contributed by atoms with Crippen molar-refractivity contribution >= 4 is 5.91 Å². The van der Waals surface area contributed by atoms with E-state index >= 15 is 0 Å². The number of carbonyl (C=O) groups excluding carboxylic acids is 1. The lowest BCUT2D eigenvalue weighted by Crippen LogP contribution is -2.27. The van der Waals surface area contributed by atoms with Crippen molar-refractivity contribution in [2.24, 2.45) is 0 Å². The highest BCUT2D eigenvalue weighted by molar-refractivity contribution is 5.93. The smallest absolute Gasteiger partial charge is 0.256 e. The molecule has 64 valence electrons. The average molecular weight is 166 g/mol. The first-order valence-electron chi connectivity index (χ1n) is 3.52. The molecule has 1 N–H and O–H groups in total. The molecule has 0 saturated carbocycles. The number of amides is 1. The van der Waals surface area contributed by atoms with E-state index in [9.17, 15) is 4.79 Å². The van der Waals surface area contributed by atoms with E-state index in [1.165, 1.54) is 18.1 Å². The van der Waals surface area contributed by atoms with Crippen LogP contribution in [0, 0.1) is 0 Å². The van der Waals surface area contributed by atoms with Gasteiger partial charge in [-0.2, -0.15) is 0 Å². The number of rotatable bonds is 2. The summed E-state index contributed by atoms with van der Waals surface area (Å²) in [5.41, 5.74) is 0.481. The summed E-state index contributed by atoms with van der Waals surface area (Å²) in [6, 6.07) is 3.33. The minimum Gasteiger partial charge on any atom is -0.376 e. The van der Waals surface area contributed by atoms with Crippen LogP contribution < -0.4 is 0 Å². The van der Waals surface area contributed by atoms with Gasteiger partial charge in [0, 0.05) is 19.4 Å². The number of carbonyl (C=O) groups is 1. The van der Waals surface area contributed by atoms with Gasteiger partial charge in [-0.1, -0.05) is 0 Å². The highest BCUT2D eigenvalue weighted by atomic mass is 16.3. The van der Waals surface area contributed by atoms with Gasteiger partial charge in [-0.05, 0) is 12.1 Å². The maximum absolute atomic E-state index is 11.3. The second-order valence-corrected chi connectivity index (χ2v) is 2.39. The van der Waals surface area contributed by atoms with E-state index in [4.69, 9.17) is 5.11 Å². The Morgan fingerprint density at radius 2 is 2.50 bits per heavy atom. The minimum atomic E-state index is -0.284. The molecule has 1 aromatic rings. The SMILES string of the molecule is CN(CO)C(=O)c1cccnc1. The molecule has 0 aliphatic heterocycles. The zero-order valence-corrected chi connectivity index (χ0v) is 6.77. The molecule has 0 fully saturated rings. The van der Waals surface area contributed by atoms with E-state index in [0.717, 1.165) is 0 Å². The fraction of sp³-hybridized carbons (Fsp3) is 0.250. The van der Waals surface area contributed by atoms with Crippen molar-refractivity contribution < 1.29 is 9.90 Å². The summed E-state index contributed by atoms with van der Waals surface area (Å²) >= 11 is 0. The fourth-order valence-electron chi connectivity index (χ4n) is 0.774. The normalized spacial score (nSPS) is 9.50. The van der Waals surface area contributed by atoms with Crippen molar-refractivity contribution in [2.75, 3.05) is 13.8 Å². The first kappa shape index (κ1) is 8.67. The molecular weight excluding hydrogens is 156 g/mol. The van der Waals surface area contributed by atoms with E-state index < -0.39 is 0 Å². The largest absolute Gasteiger partial charge is 0.376 e. The summed E-state index contributed by atoms with van der Waals surface area (Å²) in [6.07, 6.45) is 3.06. The van der Waals surface area contributed by atoms with Crippen LogP contribution in [0.15, 0.2) is 24.5 Å². The van der Waals surface area contributed by atoms with Gasteiger partial charge in [-0.25, -0.2) is 0 Å². The zero-order chi connectivity index (χ0) is 8.97. The monoisotopic (exact) mass is 166 g/mol. The van der Waals surface area contributed by atoms with Gasteiger partial charge in [0.1, 0.15) is 6.73 Å². The van der Waals surface area contributed by atoms with Crippen molar-refractivity contribution in [1.82, 2.24) is 9.88 Å². The second kappa shape index (κ2) is 3.82. The lowest BCUT2D eigenvalue weighted by molar-refractivity contribution is 0.0629. The van der Waals surface area contributed by atoms with E-state index in [2.05, 4.69) is 4.98 Å². The summed E-state index contributed by atoms with van der Waals surface area (Å²) in [4.78, 5) is 16.3. The topological polar surface area (TPSA) is 53.4 Å². The highest BCUT2D eigenvalue weighted by Gasteiger charge is 2.08. The third kappa shape index (κ3) is 1.79. The van der Waals surface area contributed by atoms with E-state index in [1.807, 2.05) is 0 Å². The van der Waals surface area contributed by atoms with Crippen molar-refractivity contribution in [3.05, 3.63) is 30.1 Å². The molecule has 1 heterocycles. The van der Waals surface area contributed by atoms with Crippen molar-refractivity contribution in [1.29, 1.82) is 0 Å². The van der Waals surface area contributed by atoms with Crippen LogP contribution in [0.2, 0.25) is 0 Å². The Morgan fingerprint density at radius 3 is 3.00 bits per heavy atom. The van der Waals surface area contributed by atoms with Gasteiger partial charge < -0.3 is 10.0 Å². The summed E-state index contributed by atoms with van der Waals surface area (Å²) in [5.74, 6) is -0.231. The summed E-state index contributed by atoms with van der Waals surface area (Å²) in [6.45, 7) is -0.284. The number of hydrogen-bond donors (Lipinski definition) is 1. The van der Waals surface area contributed by atoms with E-state index in [-0.39, 0.29) is 12.6 Å². The Labute approximate surface area is 70.5 Å². The first-order chi connectivity index (χ1) is 5.75. The quantitative estimate of drug-likeness (QED) is 0.634. The van der Waals surface area contributed by atoms with Crippen molar-refractivity contribution in [3.63, 3.8) is 0 Å². The maximum atomic E-state index is 11.3. The maximum Gasteiger partial charge on any atom is 0.256 e. The molecule has 4 heteroatoms. The predicted octanol–water partition coefficient (Wildman–Crippen LogP) is 0.103. The summed E-state index contributed by atoms with van der Waals surface area (Å²) in [5, 5.41) is 8.65. The molecule has 0 aliphatic carbocycles. The van der Waals surface area contributed by atoms with Crippen LogP contribution in [0.25, 0.3) is 0 Å². The standard InChI is InChI=1S/C8H10N2O2/c1-10(6-11)8(12)7-3-2-4-9-5-7/h2-5,11H,6H2,1H3. The van der Waals surface area contributed by atoms with Gasteiger partial charge in [-0.3, -0.25) is 9.78 Å². The molecule has 4 nitrogen and oxygen atoms in total. The molecule has 1 rings (SSSR count). The molecule has 0 aliphatic rings. The molecule has 0 spiro atoms. The Balaban J connectivity index is 2.79. The minimum absolute atomic E-state index is 0.231. The van der Waals surface area contributed by atoms with Gasteiger partial charge in [0.15, 0.2) is 0 Å². The second-order valence-electron chi connectivity index (χ2n) is 2.39. The van der Waals surface area contributed by atoms with Gasteiger partial charge >= 0.3 is 0 Å². The van der Waals surface area contributed by atoms with Gasteiger partial charge in [0.25, 0.3) is 5.91 Å². The molecule has 0 bridgehead atoms. The van der Waals surface area contributed by atoms with Crippen LogP contribution in [0.3, 0.4) is 0 Å². The Hall–Kier alpha value is -1.42. The van der Waals surface area contributed by atoms with E-state index in [0.29, 0.717) is 5.56 Å². The van der Waals surface area contributed by atoms with Crippen molar-refractivity contribution in [2.45, 2.75) is 0 Å². The van der Waals surface area contributed by atoms with Crippen LogP contribution >= 0.6 is 0 Å².